The Morgan fingerprint density at radius 2 is 2.21 bits per heavy atom. The van der Waals surface area contributed by atoms with Crippen LogP contribution < -0.4 is 14.8 Å². The van der Waals surface area contributed by atoms with Crippen LogP contribution in [-0.2, 0) is 6.54 Å². The predicted molar refractivity (Wildman–Crippen MR) is 76.9 cm³/mol. The number of ether oxygens (including phenoxy) is 2. The highest BCUT2D eigenvalue weighted by Crippen LogP contribution is 2.28. The van der Waals surface area contributed by atoms with Gasteiger partial charge in [-0.25, -0.2) is 0 Å². The maximum Gasteiger partial charge on any atom is 0.161 e. The third-order valence-electron chi connectivity index (χ3n) is 3.39. The molecule has 0 bridgehead atoms. The standard InChI is InChI=1S/C15H24N2O2/c1-4-19-14-6-5-13(9-15(14)18-3)11-17-8-7-16-12(2)10-17/h5-6,9,12,16H,4,7-8,10-11H2,1-3H3/t12-/m0/s1. The van der Waals surface area contributed by atoms with Crippen LogP contribution in [0, 0.1) is 0 Å². The lowest BCUT2D eigenvalue weighted by atomic mass is 10.1. The van der Waals surface area contributed by atoms with Crippen molar-refractivity contribution in [3.63, 3.8) is 0 Å². The summed E-state index contributed by atoms with van der Waals surface area (Å²) < 4.78 is 10.9. The van der Waals surface area contributed by atoms with Gasteiger partial charge in [-0.2, -0.15) is 0 Å². The van der Waals surface area contributed by atoms with Crippen molar-refractivity contribution in [3.05, 3.63) is 23.8 Å². The zero-order chi connectivity index (χ0) is 13.7. The summed E-state index contributed by atoms with van der Waals surface area (Å²) in [7, 11) is 1.69. The normalized spacial score (nSPS) is 20.3. The molecule has 1 aromatic carbocycles. The molecule has 1 N–H and O–H groups in total. The van der Waals surface area contributed by atoms with E-state index in [9.17, 15) is 0 Å². The molecule has 19 heavy (non-hydrogen) atoms. The van der Waals surface area contributed by atoms with E-state index in [2.05, 4.69) is 29.3 Å². The van der Waals surface area contributed by atoms with Crippen molar-refractivity contribution < 1.29 is 9.47 Å². The molecule has 0 saturated carbocycles. The predicted octanol–water partition coefficient (Wildman–Crippen LogP) is 1.89. The number of piperazine rings is 1. The van der Waals surface area contributed by atoms with Gasteiger partial charge in [0.15, 0.2) is 11.5 Å². The van der Waals surface area contributed by atoms with Gasteiger partial charge in [0.05, 0.1) is 13.7 Å². The molecule has 1 aromatic rings. The highest BCUT2D eigenvalue weighted by molar-refractivity contribution is 5.42. The summed E-state index contributed by atoms with van der Waals surface area (Å²) in [6.07, 6.45) is 0. The van der Waals surface area contributed by atoms with Crippen LogP contribution in [0.25, 0.3) is 0 Å². The molecular weight excluding hydrogens is 240 g/mol. The molecule has 0 spiro atoms. The number of nitrogens with zero attached hydrogens (tertiary/aromatic N) is 1. The Morgan fingerprint density at radius 3 is 2.89 bits per heavy atom. The average Bonchev–Trinajstić information content (AvgIpc) is 2.41. The van der Waals surface area contributed by atoms with E-state index in [0.29, 0.717) is 12.6 Å². The van der Waals surface area contributed by atoms with Gasteiger partial charge in [0.25, 0.3) is 0 Å². The van der Waals surface area contributed by atoms with Crippen LogP contribution in [0.4, 0.5) is 0 Å². The van der Waals surface area contributed by atoms with Crippen molar-refractivity contribution in [2.75, 3.05) is 33.4 Å². The molecule has 1 aliphatic heterocycles. The van der Waals surface area contributed by atoms with Crippen molar-refractivity contribution >= 4 is 0 Å². The minimum Gasteiger partial charge on any atom is -0.493 e. The lowest BCUT2D eigenvalue weighted by Gasteiger charge is -2.31. The Balaban J connectivity index is 2.04. The minimum atomic E-state index is 0.568. The van der Waals surface area contributed by atoms with Crippen LogP contribution in [-0.4, -0.2) is 44.3 Å². The second-order valence-electron chi connectivity index (χ2n) is 5.01. The average molecular weight is 264 g/mol. The Labute approximate surface area is 115 Å². The van der Waals surface area contributed by atoms with E-state index < -0.39 is 0 Å². The number of benzene rings is 1. The van der Waals surface area contributed by atoms with Crippen LogP contribution >= 0.6 is 0 Å². The quantitative estimate of drug-likeness (QED) is 0.880. The van der Waals surface area contributed by atoms with Crippen LogP contribution in [0.15, 0.2) is 18.2 Å². The third kappa shape index (κ3) is 3.85. The fourth-order valence-corrected chi connectivity index (χ4v) is 2.50. The number of hydrogen-bond acceptors (Lipinski definition) is 4. The molecule has 0 aliphatic carbocycles. The van der Waals surface area contributed by atoms with E-state index in [1.54, 1.807) is 7.11 Å². The smallest absolute Gasteiger partial charge is 0.161 e. The third-order valence-corrected chi connectivity index (χ3v) is 3.39. The summed E-state index contributed by atoms with van der Waals surface area (Å²) in [5.74, 6) is 1.64. The lowest BCUT2D eigenvalue weighted by Crippen LogP contribution is -2.48. The van der Waals surface area contributed by atoms with Crippen LogP contribution in [0.5, 0.6) is 11.5 Å². The highest BCUT2D eigenvalue weighted by atomic mass is 16.5. The van der Waals surface area contributed by atoms with Crippen molar-refractivity contribution in [3.8, 4) is 11.5 Å². The van der Waals surface area contributed by atoms with E-state index >= 15 is 0 Å². The first-order chi connectivity index (χ1) is 9.22. The number of rotatable bonds is 5. The molecule has 1 heterocycles. The van der Waals surface area contributed by atoms with Crippen molar-refractivity contribution in [1.29, 1.82) is 0 Å². The van der Waals surface area contributed by atoms with Crippen molar-refractivity contribution in [2.45, 2.75) is 26.4 Å². The van der Waals surface area contributed by atoms with Gasteiger partial charge in [-0.3, -0.25) is 4.90 Å². The minimum absolute atomic E-state index is 0.568. The Hall–Kier alpha value is -1.26. The second-order valence-corrected chi connectivity index (χ2v) is 5.01. The first-order valence-electron chi connectivity index (χ1n) is 6.98. The number of hydrogen-bond donors (Lipinski definition) is 1. The van der Waals surface area contributed by atoms with Gasteiger partial charge < -0.3 is 14.8 Å². The fraction of sp³-hybridized carbons (Fsp3) is 0.600. The van der Waals surface area contributed by atoms with Gasteiger partial charge in [0.2, 0.25) is 0 Å². The molecule has 0 aromatic heterocycles. The van der Waals surface area contributed by atoms with Gasteiger partial charge in [-0.1, -0.05) is 6.07 Å². The summed E-state index contributed by atoms with van der Waals surface area (Å²) in [6, 6.07) is 6.78. The molecule has 1 atom stereocenters. The van der Waals surface area contributed by atoms with Crippen LogP contribution in [0.2, 0.25) is 0 Å². The van der Waals surface area contributed by atoms with Crippen molar-refractivity contribution in [2.24, 2.45) is 0 Å². The molecule has 4 heteroatoms. The summed E-state index contributed by atoms with van der Waals surface area (Å²) in [5, 5.41) is 3.46. The first-order valence-corrected chi connectivity index (χ1v) is 6.98. The van der Waals surface area contributed by atoms with Gasteiger partial charge in [0.1, 0.15) is 0 Å². The maximum atomic E-state index is 5.54. The summed E-state index contributed by atoms with van der Waals surface area (Å²) in [5.41, 5.74) is 1.27. The van der Waals surface area contributed by atoms with Crippen LogP contribution in [0.1, 0.15) is 19.4 Å². The van der Waals surface area contributed by atoms with Gasteiger partial charge in [0, 0.05) is 32.2 Å². The molecular formula is C15H24N2O2. The summed E-state index contributed by atoms with van der Waals surface area (Å²) in [4.78, 5) is 2.47. The number of methoxy groups -OCH3 is 1. The van der Waals surface area contributed by atoms with E-state index in [0.717, 1.165) is 37.7 Å². The monoisotopic (exact) mass is 264 g/mol. The second kappa shape index (κ2) is 6.78. The molecule has 4 nitrogen and oxygen atoms in total. The molecule has 2 rings (SSSR count). The molecule has 106 valence electrons. The molecule has 0 amide bonds. The maximum absolute atomic E-state index is 5.54. The zero-order valence-corrected chi connectivity index (χ0v) is 12.1. The summed E-state index contributed by atoms with van der Waals surface area (Å²) in [6.45, 7) is 9.09. The van der Waals surface area contributed by atoms with E-state index in [4.69, 9.17) is 9.47 Å². The van der Waals surface area contributed by atoms with E-state index in [-0.39, 0.29) is 0 Å². The Morgan fingerprint density at radius 1 is 1.37 bits per heavy atom. The molecule has 1 fully saturated rings. The Bertz CT molecular complexity index is 409. The topological polar surface area (TPSA) is 33.7 Å². The highest BCUT2D eigenvalue weighted by Gasteiger charge is 2.16. The summed E-state index contributed by atoms with van der Waals surface area (Å²) >= 11 is 0. The number of nitrogens with one attached hydrogen (secondary N) is 1. The van der Waals surface area contributed by atoms with Gasteiger partial charge in [-0.15, -0.1) is 0 Å². The van der Waals surface area contributed by atoms with Gasteiger partial charge in [-0.05, 0) is 31.5 Å². The first kappa shape index (κ1) is 14.2. The van der Waals surface area contributed by atoms with Gasteiger partial charge >= 0.3 is 0 Å². The molecule has 1 aliphatic rings. The van der Waals surface area contributed by atoms with E-state index in [1.807, 2.05) is 13.0 Å². The molecule has 0 radical (unpaired) electrons. The van der Waals surface area contributed by atoms with Crippen molar-refractivity contribution in [1.82, 2.24) is 10.2 Å². The molecule has 1 saturated heterocycles. The molecule has 0 unspecified atom stereocenters. The lowest BCUT2D eigenvalue weighted by molar-refractivity contribution is 0.199. The van der Waals surface area contributed by atoms with Crippen LogP contribution in [0.3, 0.4) is 0 Å². The van der Waals surface area contributed by atoms with E-state index in [1.165, 1.54) is 5.56 Å². The Kier molecular flexibility index (Phi) is 5.05. The zero-order valence-electron chi connectivity index (χ0n) is 12.1. The SMILES string of the molecule is CCOc1ccc(CN2CCN[C@@H](C)C2)cc1OC. The fourth-order valence-electron chi connectivity index (χ4n) is 2.50. The largest absolute Gasteiger partial charge is 0.493 e.